The smallest absolute Gasteiger partial charge is 0.0824 e. The first-order valence-electron chi connectivity index (χ1n) is 5.73. The van der Waals surface area contributed by atoms with Crippen molar-refractivity contribution in [1.82, 2.24) is 9.88 Å². The lowest BCUT2D eigenvalue weighted by Crippen LogP contribution is -2.45. The first-order chi connectivity index (χ1) is 7.79. The summed E-state index contributed by atoms with van der Waals surface area (Å²) >= 11 is 0. The summed E-state index contributed by atoms with van der Waals surface area (Å²) in [6.45, 7) is 6.34. The molecule has 0 spiro atoms. The van der Waals surface area contributed by atoms with Crippen LogP contribution in [0.15, 0.2) is 18.5 Å². The Hall–Kier alpha value is -0.680. The van der Waals surface area contributed by atoms with Crippen LogP contribution in [0, 0.1) is 6.92 Å². The van der Waals surface area contributed by atoms with Crippen LogP contribution in [0.25, 0.3) is 0 Å². The highest BCUT2D eigenvalue weighted by atomic mass is 35.5. The third-order valence-electron chi connectivity index (χ3n) is 3.03. The largest absolute Gasteiger partial charge is 0.374 e. The zero-order valence-corrected chi connectivity index (χ0v) is 10.9. The van der Waals surface area contributed by atoms with Crippen molar-refractivity contribution >= 4 is 12.4 Å². The van der Waals surface area contributed by atoms with Gasteiger partial charge in [0.2, 0.25) is 0 Å². The van der Waals surface area contributed by atoms with Gasteiger partial charge in [0.15, 0.2) is 0 Å². The molecule has 0 saturated carbocycles. The van der Waals surface area contributed by atoms with Crippen LogP contribution >= 0.6 is 12.4 Å². The Labute approximate surface area is 109 Å². The molecule has 1 aromatic heterocycles. The molecule has 0 aliphatic carbocycles. The fraction of sp³-hybridized carbons (Fsp3) is 0.583. The van der Waals surface area contributed by atoms with Crippen molar-refractivity contribution in [3.63, 3.8) is 0 Å². The zero-order chi connectivity index (χ0) is 11.4. The molecule has 1 saturated heterocycles. The quantitative estimate of drug-likeness (QED) is 0.877. The molecule has 2 N–H and O–H groups in total. The van der Waals surface area contributed by atoms with Gasteiger partial charge >= 0.3 is 0 Å². The normalized spacial score (nSPS) is 20.9. The summed E-state index contributed by atoms with van der Waals surface area (Å²) < 4.78 is 5.54. The molecule has 1 fully saturated rings. The molecular formula is C12H20ClN3O. The van der Waals surface area contributed by atoms with Gasteiger partial charge in [-0.3, -0.25) is 9.88 Å². The van der Waals surface area contributed by atoms with E-state index in [-0.39, 0.29) is 18.5 Å². The lowest BCUT2D eigenvalue weighted by atomic mass is 10.1. The maximum absolute atomic E-state index is 5.62. The van der Waals surface area contributed by atoms with Crippen LogP contribution in [0.5, 0.6) is 0 Å². The second kappa shape index (κ2) is 6.91. The van der Waals surface area contributed by atoms with E-state index in [0.717, 1.165) is 26.2 Å². The molecule has 0 aromatic carbocycles. The number of aryl methyl sites for hydroxylation is 1. The molecule has 96 valence electrons. The van der Waals surface area contributed by atoms with E-state index in [1.165, 1.54) is 11.1 Å². The number of ether oxygens (including phenoxy) is 1. The number of pyridine rings is 1. The van der Waals surface area contributed by atoms with E-state index in [4.69, 9.17) is 10.5 Å². The molecule has 5 heteroatoms. The van der Waals surface area contributed by atoms with Crippen molar-refractivity contribution in [1.29, 1.82) is 0 Å². The molecule has 0 bridgehead atoms. The Morgan fingerprint density at radius 2 is 2.41 bits per heavy atom. The zero-order valence-electron chi connectivity index (χ0n) is 10.1. The summed E-state index contributed by atoms with van der Waals surface area (Å²) in [5, 5.41) is 0. The van der Waals surface area contributed by atoms with E-state index in [1.807, 2.05) is 12.4 Å². The molecule has 2 heterocycles. The summed E-state index contributed by atoms with van der Waals surface area (Å²) in [5.74, 6) is 0. The Bertz CT molecular complexity index is 348. The van der Waals surface area contributed by atoms with Crippen LogP contribution in [0.3, 0.4) is 0 Å². The number of hydrogen-bond acceptors (Lipinski definition) is 4. The van der Waals surface area contributed by atoms with Gasteiger partial charge in [0, 0.05) is 38.6 Å². The number of hydrogen-bond donors (Lipinski definition) is 1. The SMILES string of the molecule is Cc1ccncc1CN1CCOC(CN)C1.Cl. The van der Waals surface area contributed by atoms with Crippen molar-refractivity contribution in [3.8, 4) is 0 Å². The predicted molar refractivity (Wildman–Crippen MR) is 70.3 cm³/mol. The second-order valence-electron chi connectivity index (χ2n) is 4.27. The van der Waals surface area contributed by atoms with E-state index in [0.29, 0.717) is 6.54 Å². The Kier molecular flexibility index (Phi) is 5.85. The maximum atomic E-state index is 5.62. The third-order valence-corrected chi connectivity index (χ3v) is 3.03. The molecule has 1 unspecified atom stereocenters. The highest BCUT2D eigenvalue weighted by Gasteiger charge is 2.19. The van der Waals surface area contributed by atoms with Gasteiger partial charge in [-0.05, 0) is 24.1 Å². The van der Waals surface area contributed by atoms with Crippen molar-refractivity contribution in [2.75, 3.05) is 26.2 Å². The van der Waals surface area contributed by atoms with Crippen molar-refractivity contribution in [2.24, 2.45) is 5.73 Å². The second-order valence-corrected chi connectivity index (χ2v) is 4.27. The number of nitrogens with zero attached hydrogens (tertiary/aromatic N) is 2. The van der Waals surface area contributed by atoms with Crippen molar-refractivity contribution < 1.29 is 4.74 Å². The van der Waals surface area contributed by atoms with Crippen molar-refractivity contribution in [3.05, 3.63) is 29.6 Å². The lowest BCUT2D eigenvalue weighted by molar-refractivity contribution is -0.0261. The molecule has 1 atom stereocenters. The van der Waals surface area contributed by atoms with Crippen LogP contribution in [0.1, 0.15) is 11.1 Å². The van der Waals surface area contributed by atoms with E-state index >= 15 is 0 Å². The minimum absolute atomic E-state index is 0. The first-order valence-corrected chi connectivity index (χ1v) is 5.73. The number of aromatic nitrogens is 1. The van der Waals surface area contributed by atoms with Gasteiger partial charge in [-0.15, -0.1) is 12.4 Å². The summed E-state index contributed by atoms with van der Waals surface area (Å²) in [6.07, 6.45) is 3.97. The molecule has 0 amide bonds. The fourth-order valence-electron chi connectivity index (χ4n) is 1.97. The van der Waals surface area contributed by atoms with Crippen LogP contribution in [-0.2, 0) is 11.3 Å². The minimum Gasteiger partial charge on any atom is -0.374 e. The van der Waals surface area contributed by atoms with Gasteiger partial charge in [-0.2, -0.15) is 0 Å². The summed E-state index contributed by atoms with van der Waals surface area (Å²) in [6, 6.07) is 2.05. The number of rotatable bonds is 3. The number of nitrogens with two attached hydrogens (primary N) is 1. The van der Waals surface area contributed by atoms with E-state index in [1.54, 1.807) is 0 Å². The van der Waals surface area contributed by atoms with Crippen LogP contribution < -0.4 is 5.73 Å². The summed E-state index contributed by atoms with van der Waals surface area (Å²) in [5.41, 5.74) is 8.21. The molecule has 0 radical (unpaired) electrons. The average molecular weight is 258 g/mol. The van der Waals surface area contributed by atoms with Gasteiger partial charge in [-0.25, -0.2) is 0 Å². The maximum Gasteiger partial charge on any atom is 0.0824 e. The monoisotopic (exact) mass is 257 g/mol. The minimum atomic E-state index is 0. The van der Waals surface area contributed by atoms with Crippen molar-refractivity contribution in [2.45, 2.75) is 19.6 Å². The molecule has 2 rings (SSSR count). The standard InChI is InChI=1S/C12H19N3O.ClH/c1-10-2-3-14-7-11(10)8-15-4-5-16-12(6-13)9-15;/h2-3,7,12H,4-6,8-9,13H2,1H3;1H. The third kappa shape index (κ3) is 3.92. The Morgan fingerprint density at radius 1 is 1.59 bits per heavy atom. The molecule has 1 aliphatic heterocycles. The topological polar surface area (TPSA) is 51.4 Å². The molecule has 4 nitrogen and oxygen atoms in total. The highest BCUT2D eigenvalue weighted by molar-refractivity contribution is 5.85. The van der Waals surface area contributed by atoms with Crippen LogP contribution in [0.4, 0.5) is 0 Å². The Morgan fingerprint density at radius 3 is 3.12 bits per heavy atom. The van der Waals surface area contributed by atoms with E-state index in [9.17, 15) is 0 Å². The molecule has 1 aliphatic rings. The van der Waals surface area contributed by atoms with Gasteiger partial charge in [0.1, 0.15) is 0 Å². The number of halogens is 1. The summed E-state index contributed by atoms with van der Waals surface area (Å²) in [7, 11) is 0. The summed E-state index contributed by atoms with van der Waals surface area (Å²) in [4.78, 5) is 6.55. The van der Waals surface area contributed by atoms with Gasteiger partial charge in [0.05, 0.1) is 12.7 Å². The highest BCUT2D eigenvalue weighted by Crippen LogP contribution is 2.12. The number of morpholine rings is 1. The van der Waals surface area contributed by atoms with Gasteiger partial charge in [-0.1, -0.05) is 0 Å². The molecule has 1 aromatic rings. The first kappa shape index (κ1) is 14.4. The van der Waals surface area contributed by atoms with Crippen LogP contribution in [-0.4, -0.2) is 42.2 Å². The van der Waals surface area contributed by atoms with Crippen LogP contribution in [0.2, 0.25) is 0 Å². The molecule has 17 heavy (non-hydrogen) atoms. The fourth-order valence-corrected chi connectivity index (χ4v) is 1.97. The average Bonchev–Trinajstić information content (AvgIpc) is 2.32. The van der Waals surface area contributed by atoms with Gasteiger partial charge < -0.3 is 10.5 Å². The van der Waals surface area contributed by atoms with E-state index in [2.05, 4.69) is 22.9 Å². The Balaban J connectivity index is 0.00000144. The molecular weight excluding hydrogens is 238 g/mol. The van der Waals surface area contributed by atoms with Gasteiger partial charge in [0.25, 0.3) is 0 Å². The lowest BCUT2D eigenvalue weighted by Gasteiger charge is -2.32. The predicted octanol–water partition coefficient (Wildman–Crippen LogP) is 0.971. The van der Waals surface area contributed by atoms with E-state index < -0.39 is 0 Å².